The Morgan fingerprint density at radius 1 is 1.44 bits per heavy atom. The van der Waals surface area contributed by atoms with Gasteiger partial charge in [0.1, 0.15) is 0 Å². The van der Waals surface area contributed by atoms with Gasteiger partial charge in [-0.05, 0) is 36.6 Å². The third-order valence-electron chi connectivity index (χ3n) is 3.04. The van der Waals surface area contributed by atoms with E-state index in [1.54, 1.807) is 0 Å². The monoisotopic (exact) mass is 218 g/mol. The molecule has 0 saturated carbocycles. The third kappa shape index (κ3) is 1.55. The van der Waals surface area contributed by atoms with E-state index in [1.807, 2.05) is 18.2 Å². The smallest absolute Gasteiger partial charge is 0.277 e. The Bertz CT molecular complexity index is 425. The zero-order valence-electron chi connectivity index (χ0n) is 9.03. The van der Waals surface area contributed by atoms with Crippen LogP contribution in [-0.2, 0) is 11.3 Å². The van der Waals surface area contributed by atoms with Crippen molar-refractivity contribution in [2.75, 3.05) is 25.0 Å². The molecule has 2 aliphatic heterocycles. The number of rotatable bonds is 1. The molecule has 0 spiro atoms. The molecule has 16 heavy (non-hydrogen) atoms. The first-order chi connectivity index (χ1) is 7.84. The second kappa shape index (κ2) is 3.79. The van der Waals surface area contributed by atoms with Crippen LogP contribution in [0.4, 0.5) is 5.69 Å². The van der Waals surface area contributed by atoms with Crippen molar-refractivity contribution in [3.63, 3.8) is 0 Å². The molecule has 3 rings (SSSR count). The molecule has 4 nitrogen and oxygen atoms in total. The molecule has 0 bridgehead atoms. The average Bonchev–Trinajstić information content (AvgIpc) is 2.98. The zero-order chi connectivity index (χ0) is 11.0. The molecule has 1 saturated heterocycles. The minimum Gasteiger partial charge on any atom is -0.384 e. The summed E-state index contributed by atoms with van der Waals surface area (Å²) in [5.41, 5.74) is 3.10. The minimum atomic E-state index is -0.0211. The number of hydrogen-bond acceptors (Lipinski definition) is 3. The maximum absolute atomic E-state index is 12.0. The van der Waals surface area contributed by atoms with Gasteiger partial charge in [0.2, 0.25) is 0 Å². The van der Waals surface area contributed by atoms with Crippen LogP contribution < -0.4 is 5.32 Å². The number of benzene rings is 1. The maximum atomic E-state index is 12.0. The van der Waals surface area contributed by atoms with Crippen LogP contribution >= 0.6 is 0 Å². The van der Waals surface area contributed by atoms with E-state index in [9.17, 15) is 4.79 Å². The first-order valence-corrected chi connectivity index (χ1v) is 5.66. The number of nitrogens with zero attached hydrogens (tertiary/aromatic N) is 1. The number of fused-ring (bicyclic) bond motifs is 1. The Morgan fingerprint density at radius 3 is 3.19 bits per heavy atom. The van der Waals surface area contributed by atoms with E-state index in [4.69, 9.17) is 4.84 Å². The summed E-state index contributed by atoms with van der Waals surface area (Å²) < 4.78 is 0. The fraction of sp³-hybridized carbons (Fsp3) is 0.417. The van der Waals surface area contributed by atoms with E-state index in [-0.39, 0.29) is 5.91 Å². The van der Waals surface area contributed by atoms with Gasteiger partial charge in [0.25, 0.3) is 5.91 Å². The summed E-state index contributed by atoms with van der Waals surface area (Å²) in [5, 5.41) is 4.74. The van der Waals surface area contributed by atoms with Crippen molar-refractivity contribution in [1.82, 2.24) is 5.06 Å². The van der Waals surface area contributed by atoms with Gasteiger partial charge in [-0.15, -0.1) is 0 Å². The number of hydrogen-bond donors (Lipinski definition) is 1. The lowest BCUT2D eigenvalue weighted by molar-refractivity contribution is -0.0768. The van der Waals surface area contributed by atoms with Crippen LogP contribution in [0.1, 0.15) is 22.3 Å². The summed E-state index contributed by atoms with van der Waals surface area (Å²) in [5.74, 6) is -0.0211. The molecule has 1 amide bonds. The first-order valence-electron chi connectivity index (χ1n) is 5.66. The van der Waals surface area contributed by atoms with Crippen molar-refractivity contribution in [3.05, 3.63) is 29.3 Å². The van der Waals surface area contributed by atoms with E-state index in [1.165, 1.54) is 10.6 Å². The molecule has 1 fully saturated rings. The van der Waals surface area contributed by atoms with Gasteiger partial charge < -0.3 is 5.32 Å². The van der Waals surface area contributed by atoms with Gasteiger partial charge in [0.15, 0.2) is 0 Å². The number of amides is 1. The molecule has 84 valence electrons. The Morgan fingerprint density at radius 2 is 2.38 bits per heavy atom. The molecule has 4 heteroatoms. The van der Waals surface area contributed by atoms with E-state index in [2.05, 4.69) is 5.32 Å². The van der Waals surface area contributed by atoms with E-state index in [0.29, 0.717) is 13.2 Å². The van der Waals surface area contributed by atoms with Crippen LogP contribution in [0.25, 0.3) is 0 Å². The van der Waals surface area contributed by atoms with Crippen molar-refractivity contribution in [2.24, 2.45) is 0 Å². The Labute approximate surface area is 94.1 Å². The fourth-order valence-corrected chi connectivity index (χ4v) is 2.19. The van der Waals surface area contributed by atoms with Crippen LogP contribution in [0.5, 0.6) is 0 Å². The molecule has 0 radical (unpaired) electrons. The van der Waals surface area contributed by atoms with Gasteiger partial charge in [-0.2, -0.15) is 0 Å². The lowest BCUT2D eigenvalue weighted by atomic mass is 10.1. The quantitative estimate of drug-likeness (QED) is 0.775. The second-order valence-electron chi connectivity index (χ2n) is 4.14. The van der Waals surface area contributed by atoms with E-state index in [0.717, 1.165) is 30.6 Å². The summed E-state index contributed by atoms with van der Waals surface area (Å²) in [4.78, 5) is 17.3. The Hall–Kier alpha value is -1.55. The summed E-state index contributed by atoms with van der Waals surface area (Å²) in [6.45, 7) is 2.32. The van der Waals surface area contributed by atoms with Crippen molar-refractivity contribution in [2.45, 2.75) is 12.8 Å². The topological polar surface area (TPSA) is 41.6 Å². The standard InChI is InChI=1S/C12H14N2O2/c15-12(14-6-1-7-16-14)10-2-3-11-9(8-10)4-5-13-11/h2-3,8,13H,1,4-7H2. The average molecular weight is 218 g/mol. The highest BCUT2D eigenvalue weighted by Crippen LogP contribution is 2.24. The van der Waals surface area contributed by atoms with Gasteiger partial charge in [-0.1, -0.05) is 0 Å². The second-order valence-corrected chi connectivity index (χ2v) is 4.14. The molecule has 0 aromatic heterocycles. The molecule has 0 aliphatic carbocycles. The molecule has 0 atom stereocenters. The van der Waals surface area contributed by atoms with Crippen LogP contribution in [0.15, 0.2) is 18.2 Å². The zero-order valence-corrected chi connectivity index (χ0v) is 9.03. The Kier molecular flexibility index (Phi) is 2.29. The lowest BCUT2D eigenvalue weighted by Crippen LogP contribution is -2.26. The van der Waals surface area contributed by atoms with Crippen molar-refractivity contribution < 1.29 is 9.63 Å². The van der Waals surface area contributed by atoms with Crippen LogP contribution in [-0.4, -0.2) is 30.7 Å². The number of carbonyl (C=O) groups is 1. The highest BCUT2D eigenvalue weighted by atomic mass is 16.7. The van der Waals surface area contributed by atoms with E-state index < -0.39 is 0 Å². The molecule has 1 aromatic rings. The lowest BCUT2D eigenvalue weighted by Gasteiger charge is -2.14. The van der Waals surface area contributed by atoms with Crippen molar-refractivity contribution >= 4 is 11.6 Å². The SMILES string of the molecule is O=C(c1ccc2c(c1)CCN2)N1CCCO1. The fourth-order valence-electron chi connectivity index (χ4n) is 2.19. The number of hydroxylamine groups is 2. The summed E-state index contributed by atoms with van der Waals surface area (Å²) in [6.07, 6.45) is 1.93. The minimum absolute atomic E-state index is 0.0211. The van der Waals surface area contributed by atoms with Crippen LogP contribution in [0.2, 0.25) is 0 Å². The molecule has 2 heterocycles. The summed E-state index contributed by atoms with van der Waals surface area (Å²) in [7, 11) is 0. The Balaban J connectivity index is 1.86. The van der Waals surface area contributed by atoms with Crippen LogP contribution in [0.3, 0.4) is 0 Å². The van der Waals surface area contributed by atoms with E-state index >= 15 is 0 Å². The molecule has 1 N–H and O–H groups in total. The van der Waals surface area contributed by atoms with Crippen LogP contribution in [0, 0.1) is 0 Å². The third-order valence-corrected chi connectivity index (χ3v) is 3.04. The predicted octanol–water partition coefficient (Wildman–Crippen LogP) is 1.43. The van der Waals surface area contributed by atoms with Gasteiger partial charge in [0.05, 0.1) is 13.2 Å². The largest absolute Gasteiger partial charge is 0.384 e. The molecular weight excluding hydrogens is 204 g/mol. The maximum Gasteiger partial charge on any atom is 0.277 e. The molecule has 2 aliphatic rings. The summed E-state index contributed by atoms with van der Waals surface area (Å²) in [6, 6.07) is 5.81. The number of anilines is 1. The number of nitrogens with one attached hydrogen (secondary N) is 1. The molecule has 0 unspecified atom stereocenters. The van der Waals surface area contributed by atoms with Gasteiger partial charge >= 0.3 is 0 Å². The van der Waals surface area contributed by atoms with Gasteiger partial charge in [-0.25, -0.2) is 5.06 Å². The first kappa shape index (κ1) is 9.66. The molecule has 1 aromatic carbocycles. The highest BCUT2D eigenvalue weighted by Gasteiger charge is 2.22. The molecular formula is C12H14N2O2. The van der Waals surface area contributed by atoms with Gasteiger partial charge in [0, 0.05) is 17.8 Å². The number of carbonyl (C=O) groups excluding carboxylic acids is 1. The highest BCUT2D eigenvalue weighted by molar-refractivity contribution is 5.94. The predicted molar refractivity (Wildman–Crippen MR) is 60.2 cm³/mol. The normalized spacial score (nSPS) is 18.4. The van der Waals surface area contributed by atoms with Gasteiger partial charge in [-0.3, -0.25) is 9.63 Å². The van der Waals surface area contributed by atoms with Crippen molar-refractivity contribution in [1.29, 1.82) is 0 Å². The summed E-state index contributed by atoms with van der Waals surface area (Å²) >= 11 is 0. The van der Waals surface area contributed by atoms with Crippen molar-refractivity contribution in [3.8, 4) is 0 Å².